The smallest absolute Gasteiger partial charge is 0.512 e. The Labute approximate surface area is 142 Å². The first-order chi connectivity index (χ1) is 10.3. The highest BCUT2D eigenvalue weighted by atomic mass is 35.5. The number of Topliss-reactive ketones (excluding diaryl/α,β-unsaturated/α-hetero) is 2. The number of carbonyl (C=O) groups excluding carboxylic acids is 2. The van der Waals surface area contributed by atoms with Gasteiger partial charge in [0.1, 0.15) is 0 Å². The Balaban J connectivity index is 0.00000264. The molecular formula is C17H22ClNO4. The third-order valence-corrected chi connectivity index (χ3v) is 5.12. The van der Waals surface area contributed by atoms with Crippen molar-refractivity contribution in [3.8, 4) is 0 Å². The summed E-state index contributed by atoms with van der Waals surface area (Å²) in [5.41, 5.74) is -0.493. The summed E-state index contributed by atoms with van der Waals surface area (Å²) in [6, 6.07) is 8.85. The van der Waals surface area contributed by atoms with E-state index in [1.807, 2.05) is 13.0 Å². The molecule has 2 rings (SSSR count). The lowest BCUT2D eigenvalue weighted by atomic mass is 9.76. The Hall–Kier alpha value is -1.72. The van der Waals surface area contributed by atoms with E-state index in [2.05, 4.69) is 0 Å². The van der Waals surface area contributed by atoms with Gasteiger partial charge in [-0.15, -0.1) is 0 Å². The lowest BCUT2D eigenvalue weighted by molar-refractivity contribution is -0.855. The van der Waals surface area contributed by atoms with Crippen LogP contribution in [0.25, 0.3) is 0 Å². The van der Waals surface area contributed by atoms with Crippen LogP contribution in [0, 0.1) is 11.8 Å². The fourth-order valence-corrected chi connectivity index (χ4v) is 3.52. The standard InChI is InChI=1S/C17H21NO4.ClH/c1-4-14(19)17(3)11(2)13(10-18(17)16(21)22)15(20)12-8-6-5-7-9-12;/h5-9,11,13H,4,10H2,1-3H3,(H,21,22);1H/t11?,13?,17-;/m1./s1. The number of halogens is 1. The van der Waals surface area contributed by atoms with Gasteiger partial charge in [-0.25, -0.2) is 4.90 Å². The van der Waals surface area contributed by atoms with Gasteiger partial charge in [0.15, 0.2) is 17.1 Å². The van der Waals surface area contributed by atoms with Gasteiger partial charge in [-0.2, -0.15) is 4.79 Å². The predicted octanol–water partition coefficient (Wildman–Crippen LogP) is -1.56. The van der Waals surface area contributed by atoms with Crippen molar-refractivity contribution in [1.29, 1.82) is 0 Å². The summed E-state index contributed by atoms with van der Waals surface area (Å²) in [5, 5.41) is 9.48. The van der Waals surface area contributed by atoms with Crippen molar-refractivity contribution in [1.82, 2.24) is 0 Å². The maximum atomic E-state index is 12.7. The van der Waals surface area contributed by atoms with Gasteiger partial charge in [-0.3, -0.25) is 9.59 Å². The largest absolute Gasteiger partial charge is 1.00 e. The number of rotatable bonds is 4. The summed E-state index contributed by atoms with van der Waals surface area (Å²) in [5.74, 6) is -0.979. The van der Waals surface area contributed by atoms with Gasteiger partial charge in [0.05, 0.1) is 12.5 Å². The summed E-state index contributed by atoms with van der Waals surface area (Å²) in [7, 11) is 0. The molecule has 0 spiro atoms. The number of benzene rings is 1. The van der Waals surface area contributed by atoms with Crippen LogP contribution in [0.3, 0.4) is 0 Å². The van der Waals surface area contributed by atoms with Crippen LogP contribution in [0.1, 0.15) is 37.6 Å². The minimum absolute atomic E-state index is 0. The molecule has 1 heterocycles. The zero-order chi connectivity index (χ0) is 16.5. The van der Waals surface area contributed by atoms with Crippen LogP contribution in [-0.2, 0) is 4.79 Å². The van der Waals surface area contributed by atoms with Gasteiger partial charge >= 0.3 is 6.09 Å². The second-order valence-electron chi connectivity index (χ2n) is 6.09. The monoisotopic (exact) mass is 339 g/mol. The summed E-state index contributed by atoms with van der Waals surface area (Å²) >= 11 is 0. The number of carboxylic acid groups (broad SMARTS) is 1. The van der Waals surface area contributed by atoms with Crippen molar-refractivity contribution < 1.29 is 36.8 Å². The maximum absolute atomic E-state index is 12.7. The fraction of sp³-hybridized carbons (Fsp3) is 0.471. The third-order valence-electron chi connectivity index (χ3n) is 5.12. The molecule has 23 heavy (non-hydrogen) atoms. The van der Waals surface area contributed by atoms with Gasteiger partial charge < -0.3 is 17.5 Å². The van der Waals surface area contributed by atoms with Crippen LogP contribution in [0.4, 0.5) is 4.79 Å². The minimum atomic E-state index is -1.07. The molecule has 1 saturated heterocycles. The lowest BCUT2D eigenvalue weighted by Crippen LogP contribution is -3.21. The van der Waals surface area contributed by atoms with E-state index >= 15 is 0 Å². The van der Waals surface area contributed by atoms with Crippen molar-refractivity contribution >= 4 is 17.7 Å². The quantitative estimate of drug-likeness (QED) is 0.651. The van der Waals surface area contributed by atoms with Crippen LogP contribution in [0.5, 0.6) is 0 Å². The van der Waals surface area contributed by atoms with Crippen molar-refractivity contribution in [3.63, 3.8) is 0 Å². The Bertz CT molecular complexity index is 604. The molecule has 4 atom stereocenters. The highest BCUT2D eigenvalue weighted by Gasteiger charge is 2.61. The van der Waals surface area contributed by atoms with Gasteiger partial charge in [0, 0.05) is 17.9 Å². The van der Waals surface area contributed by atoms with Crippen LogP contribution < -0.4 is 17.3 Å². The summed E-state index contributed by atoms with van der Waals surface area (Å²) in [6.07, 6.45) is -0.802. The van der Waals surface area contributed by atoms with E-state index in [0.29, 0.717) is 5.56 Å². The average molecular weight is 340 g/mol. The van der Waals surface area contributed by atoms with Gasteiger partial charge in [-0.1, -0.05) is 44.2 Å². The number of carbonyl (C=O) groups is 3. The molecule has 0 bridgehead atoms. The van der Waals surface area contributed by atoms with E-state index in [0.717, 1.165) is 0 Å². The van der Waals surface area contributed by atoms with Crippen LogP contribution in [-0.4, -0.2) is 34.8 Å². The number of ketones is 2. The molecular weight excluding hydrogens is 318 g/mol. The number of nitrogens with one attached hydrogen (secondary N) is 1. The topological polar surface area (TPSA) is 75.9 Å². The normalized spacial score (nSPS) is 29.6. The van der Waals surface area contributed by atoms with E-state index in [4.69, 9.17) is 0 Å². The molecule has 5 nitrogen and oxygen atoms in total. The van der Waals surface area contributed by atoms with E-state index < -0.39 is 17.6 Å². The SMILES string of the molecule is CCC(=O)[C@@]1(C)C(C)C(C(=O)c2ccccc2)C[NH+]1C(=O)O.[Cl-]. The zero-order valence-electron chi connectivity index (χ0n) is 13.5. The van der Waals surface area contributed by atoms with Crippen LogP contribution in [0.2, 0.25) is 0 Å². The molecule has 6 heteroatoms. The fourth-order valence-electron chi connectivity index (χ4n) is 3.52. The van der Waals surface area contributed by atoms with Crippen LogP contribution in [0.15, 0.2) is 30.3 Å². The second-order valence-corrected chi connectivity index (χ2v) is 6.09. The second kappa shape index (κ2) is 7.23. The first-order valence-corrected chi connectivity index (χ1v) is 7.56. The molecule has 0 radical (unpaired) electrons. The molecule has 1 aromatic carbocycles. The molecule has 3 unspecified atom stereocenters. The summed E-state index contributed by atoms with van der Waals surface area (Å²) < 4.78 is 0. The molecule has 1 aromatic rings. The first kappa shape index (κ1) is 19.3. The van der Waals surface area contributed by atoms with Crippen molar-refractivity contribution in [2.45, 2.75) is 32.7 Å². The Morgan fingerprint density at radius 1 is 1.26 bits per heavy atom. The number of hydrogen-bond acceptors (Lipinski definition) is 3. The van der Waals surface area contributed by atoms with Crippen molar-refractivity contribution in [3.05, 3.63) is 35.9 Å². The molecule has 1 aliphatic rings. The highest BCUT2D eigenvalue weighted by molar-refractivity contribution is 5.99. The Morgan fingerprint density at radius 3 is 2.30 bits per heavy atom. The lowest BCUT2D eigenvalue weighted by Gasteiger charge is -2.29. The van der Waals surface area contributed by atoms with E-state index in [1.54, 1.807) is 38.1 Å². The van der Waals surface area contributed by atoms with E-state index in [1.165, 1.54) is 0 Å². The van der Waals surface area contributed by atoms with Gasteiger partial charge in [0.2, 0.25) is 0 Å². The summed E-state index contributed by atoms with van der Waals surface area (Å²) in [4.78, 5) is 36.8. The van der Waals surface area contributed by atoms with E-state index in [-0.39, 0.29) is 47.8 Å². The van der Waals surface area contributed by atoms with Crippen molar-refractivity contribution in [2.24, 2.45) is 11.8 Å². The molecule has 0 aliphatic carbocycles. The number of quaternary nitrogens is 1. The van der Waals surface area contributed by atoms with Crippen LogP contribution >= 0.6 is 0 Å². The van der Waals surface area contributed by atoms with Crippen molar-refractivity contribution in [2.75, 3.05) is 6.54 Å². The Kier molecular flexibility index (Phi) is 6.08. The molecule has 1 fully saturated rings. The first-order valence-electron chi connectivity index (χ1n) is 7.56. The molecule has 126 valence electrons. The number of likely N-dealkylation sites (tertiary alicyclic amines) is 1. The predicted molar refractivity (Wildman–Crippen MR) is 81.0 cm³/mol. The molecule has 2 N–H and O–H groups in total. The number of hydrogen-bond donors (Lipinski definition) is 2. The Morgan fingerprint density at radius 2 is 1.83 bits per heavy atom. The third kappa shape index (κ3) is 3.16. The van der Waals surface area contributed by atoms with Gasteiger partial charge in [0.25, 0.3) is 0 Å². The average Bonchev–Trinajstić information content (AvgIpc) is 2.80. The highest BCUT2D eigenvalue weighted by Crippen LogP contribution is 2.31. The maximum Gasteiger partial charge on any atom is 0.512 e. The van der Waals surface area contributed by atoms with E-state index in [9.17, 15) is 19.5 Å². The minimum Gasteiger partial charge on any atom is -1.00 e. The molecule has 0 saturated carbocycles. The molecule has 0 aromatic heterocycles. The zero-order valence-corrected chi connectivity index (χ0v) is 14.3. The molecule has 1 amide bonds. The molecule has 1 aliphatic heterocycles. The van der Waals surface area contributed by atoms with Gasteiger partial charge in [-0.05, 0) is 6.92 Å². The summed E-state index contributed by atoms with van der Waals surface area (Å²) in [6.45, 7) is 5.36. The number of amides is 1.